The zero-order chi connectivity index (χ0) is 13.2. The number of nitrogens with zero attached hydrogens (tertiary/aromatic N) is 1. The summed E-state index contributed by atoms with van der Waals surface area (Å²) >= 11 is 1.71. The van der Waals surface area contributed by atoms with Crippen molar-refractivity contribution < 1.29 is 14.6 Å². The lowest BCUT2D eigenvalue weighted by molar-refractivity contribution is 0.0697. The van der Waals surface area contributed by atoms with Crippen molar-refractivity contribution in [1.29, 1.82) is 0 Å². The highest BCUT2D eigenvalue weighted by Crippen LogP contribution is 2.29. The summed E-state index contributed by atoms with van der Waals surface area (Å²) in [6.07, 6.45) is 2.06. The Balaban J connectivity index is 1.82. The van der Waals surface area contributed by atoms with Gasteiger partial charge in [-0.15, -0.1) is 0 Å². The number of ether oxygens (including phenoxy) is 1. The van der Waals surface area contributed by atoms with Crippen LogP contribution in [0.25, 0.3) is 11.0 Å². The third kappa shape index (κ3) is 2.74. The predicted octanol–water partition coefficient (Wildman–Crippen LogP) is 2.53. The summed E-state index contributed by atoms with van der Waals surface area (Å²) in [7, 11) is 0. The number of aromatic nitrogens is 2. The molecule has 1 aromatic carbocycles. The van der Waals surface area contributed by atoms with E-state index in [1.807, 2.05) is 0 Å². The molecule has 0 aliphatic carbocycles. The maximum atomic E-state index is 10.9. The Morgan fingerprint density at radius 1 is 1.42 bits per heavy atom. The van der Waals surface area contributed by atoms with Gasteiger partial charge in [0.1, 0.15) is 0 Å². The van der Waals surface area contributed by atoms with Gasteiger partial charge < -0.3 is 14.8 Å². The second-order valence-corrected chi connectivity index (χ2v) is 5.80. The van der Waals surface area contributed by atoms with E-state index < -0.39 is 5.97 Å². The van der Waals surface area contributed by atoms with Crippen LogP contribution in [0.5, 0.6) is 0 Å². The lowest BCUT2D eigenvalue weighted by atomic mass is 10.2. The van der Waals surface area contributed by atoms with Crippen LogP contribution < -0.4 is 0 Å². The molecule has 1 aromatic heterocycles. The highest BCUT2D eigenvalue weighted by Gasteiger charge is 2.17. The molecule has 0 spiro atoms. The molecular weight excluding hydrogens is 264 g/mol. The van der Waals surface area contributed by atoms with Crippen LogP contribution in [0.4, 0.5) is 0 Å². The van der Waals surface area contributed by atoms with Gasteiger partial charge in [-0.1, -0.05) is 11.8 Å². The molecule has 2 heterocycles. The number of benzene rings is 1. The summed E-state index contributed by atoms with van der Waals surface area (Å²) in [6.45, 7) is 1.61. The van der Waals surface area contributed by atoms with E-state index in [0.717, 1.165) is 42.2 Å². The van der Waals surface area contributed by atoms with Crippen LogP contribution in [0.15, 0.2) is 23.4 Å². The maximum Gasteiger partial charge on any atom is 0.335 e. The Bertz CT molecular complexity index is 605. The highest BCUT2D eigenvalue weighted by atomic mass is 32.2. The van der Waals surface area contributed by atoms with Crippen LogP contribution >= 0.6 is 11.8 Å². The number of thioether (sulfide) groups is 1. The summed E-state index contributed by atoms with van der Waals surface area (Å²) in [5.41, 5.74) is 1.85. The molecule has 6 heteroatoms. The number of nitrogens with one attached hydrogen (secondary N) is 1. The summed E-state index contributed by atoms with van der Waals surface area (Å²) < 4.78 is 5.33. The molecule has 0 radical (unpaired) electrons. The van der Waals surface area contributed by atoms with E-state index in [0.29, 0.717) is 5.25 Å². The third-order valence-electron chi connectivity index (χ3n) is 3.15. The largest absolute Gasteiger partial charge is 0.478 e. The minimum absolute atomic E-state index is 0.277. The molecule has 1 aliphatic heterocycles. The Labute approximate surface area is 114 Å². The number of carboxylic acids is 1. The molecule has 1 fully saturated rings. The van der Waals surface area contributed by atoms with Crippen molar-refractivity contribution in [3.05, 3.63) is 23.8 Å². The highest BCUT2D eigenvalue weighted by molar-refractivity contribution is 7.99. The first-order valence-electron chi connectivity index (χ1n) is 6.20. The average molecular weight is 278 g/mol. The molecule has 0 atom stereocenters. The molecule has 0 saturated carbocycles. The SMILES string of the molecule is O=C(O)c1ccc2nc(SC3CCOCC3)[nH]c2c1. The molecule has 0 unspecified atom stereocenters. The molecule has 0 bridgehead atoms. The minimum atomic E-state index is -0.921. The zero-order valence-electron chi connectivity index (χ0n) is 10.3. The van der Waals surface area contributed by atoms with E-state index in [-0.39, 0.29) is 5.56 Å². The van der Waals surface area contributed by atoms with E-state index in [9.17, 15) is 4.79 Å². The van der Waals surface area contributed by atoms with Crippen molar-refractivity contribution in [3.63, 3.8) is 0 Å². The van der Waals surface area contributed by atoms with E-state index in [1.54, 1.807) is 30.0 Å². The minimum Gasteiger partial charge on any atom is -0.478 e. The van der Waals surface area contributed by atoms with Gasteiger partial charge in [0.25, 0.3) is 0 Å². The second-order valence-electron chi connectivity index (χ2n) is 4.51. The summed E-state index contributed by atoms with van der Waals surface area (Å²) in [5, 5.41) is 10.3. The number of carbonyl (C=O) groups is 1. The Hall–Kier alpha value is -1.53. The first kappa shape index (κ1) is 12.5. The van der Waals surface area contributed by atoms with Gasteiger partial charge in [0.05, 0.1) is 16.6 Å². The fraction of sp³-hybridized carbons (Fsp3) is 0.385. The number of fused-ring (bicyclic) bond motifs is 1. The van der Waals surface area contributed by atoms with Gasteiger partial charge in [0, 0.05) is 18.5 Å². The van der Waals surface area contributed by atoms with Crippen molar-refractivity contribution in [1.82, 2.24) is 9.97 Å². The Kier molecular flexibility index (Phi) is 3.44. The van der Waals surface area contributed by atoms with E-state index in [4.69, 9.17) is 9.84 Å². The summed E-state index contributed by atoms with van der Waals surface area (Å²) in [5.74, 6) is -0.921. The van der Waals surface area contributed by atoms with Gasteiger partial charge in [-0.3, -0.25) is 0 Å². The van der Waals surface area contributed by atoms with Crippen LogP contribution in [-0.4, -0.2) is 39.5 Å². The van der Waals surface area contributed by atoms with Gasteiger partial charge in [-0.2, -0.15) is 0 Å². The van der Waals surface area contributed by atoms with Gasteiger partial charge in [0.15, 0.2) is 5.16 Å². The van der Waals surface area contributed by atoms with Crippen molar-refractivity contribution in [2.75, 3.05) is 13.2 Å². The predicted molar refractivity (Wildman–Crippen MR) is 72.8 cm³/mol. The van der Waals surface area contributed by atoms with Gasteiger partial charge >= 0.3 is 5.97 Å². The number of H-pyrrole nitrogens is 1. The van der Waals surface area contributed by atoms with Crippen LogP contribution in [0, 0.1) is 0 Å². The van der Waals surface area contributed by atoms with Crippen LogP contribution in [-0.2, 0) is 4.74 Å². The van der Waals surface area contributed by atoms with Crippen LogP contribution in [0.3, 0.4) is 0 Å². The summed E-state index contributed by atoms with van der Waals surface area (Å²) in [4.78, 5) is 18.6. The smallest absolute Gasteiger partial charge is 0.335 e. The monoisotopic (exact) mass is 278 g/mol. The number of hydrogen-bond acceptors (Lipinski definition) is 4. The quantitative estimate of drug-likeness (QED) is 0.902. The fourth-order valence-corrected chi connectivity index (χ4v) is 3.19. The summed E-state index contributed by atoms with van der Waals surface area (Å²) in [6, 6.07) is 4.94. The fourth-order valence-electron chi connectivity index (χ4n) is 2.13. The van der Waals surface area contributed by atoms with Crippen molar-refractivity contribution in [2.24, 2.45) is 0 Å². The molecule has 2 aromatic rings. The molecule has 0 amide bonds. The van der Waals surface area contributed by atoms with E-state index >= 15 is 0 Å². The number of imidazole rings is 1. The number of hydrogen-bond donors (Lipinski definition) is 2. The normalized spacial score (nSPS) is 16.8. The maximum absolute atomic E-state index is 10.9. The van der Waals surface area contributed by atoms with Gasteiger partial charge in [-0.05, 0) is 31.0 Å². The molecule has 1 aliphatic rings. The van der Waals surface area contributed by atoms with Crippen molar-refractivity contribution in [2.45, 2.75) is 23.2 Å². The average Bonchev–Trinajstić information content (AvgIpc) is 2.80. The lowest BCUT2D eigenvalue weighted by Crippen LogP contribution is -2.17. The topological polar surface area (TPSA) is 75.2 Å². The molecule has 19 heavy (non-hydrogen) atoms. The second kappa shape index (κ2) is 5.22. The lowest BCUT2D eigenvalue weighted by Gasteiger charge is -2.20. The number of aromatic amines is 1. The molecule has 2 N–H and O–H groups in total. The zero-order valence-corrected chi connectivity index (χ0v) is 11.1. The third-order valence-corrected chi connectivity index (χ3v) is 4.38. The van der Waals surface area contributed by atoms with Crippen molar-refractivity contribution in [3.8, 4) is 0 Å². The van der Waals surface area contributed by atoms with E-state index in [1.165, 1.54) is 0 Å². The Morgan fingerprint density at radius 3 is 2.95 bits per heavy atom. The van der Waals surface area contributed by atoms with E-state index in [2.05, 4.69) is 9.97 Å². The van der Waals surface area contributed by atoms with Gasteiger partial charge in [0.2, 0.25) is 0 Å². The molecular formula is C13H14N2O3S. The number of rotatable bonds is 3. The molecule has 1 saturated heterocycles. The first-order valence-corrected chi connectivity index (χ1v) is 7.08. The van der Waals surface area contributed by atoms with Crippen molar-refractivity contribution >= 4 is 28.8 Å². The number of carboxylic acid groups (broad SMARTS) is 1. The molecule has 3 rings (SSSR count). The molecule has 5 nitrogen and oxygen atoms in total. The van der Waals surface area contributed by atoms with Crippen LogP contribution in [0.1, 0.15) is 23.2 Å². The molecule has 100 valence electrons. The standard InChI is InChI=1S/C13H14N2O3S/c16-12(17)8-1-2-10-11(7-8)15-13(14-10)19-9-3-5-18-6-4-9/h1-2,7,9H,3-6H2,(H,14,15)(H,16,17). The Morgan fingerprint density at radius 2 is 2.21 bits per heavy atom. The first-order chi connectivity index (χ1) is 9.22. The van der Waals surface area contributed by atoms with Crippen LogP contribution in [0.2, 0.25) is 0 Å². The van der Waals surface area contributed by atoms with Gasteiger partial charge in [-0.25, -0.2) is 9.78 Å². The number of aromatic carboxylic acids is 1.